The molecule has 14 heteroatoms. The molecule has 6 rings (SSSR count). The van der Waals surface area contributed by atoms with Gasteiger partial charge in [0.1, 0.15) is 11.6 Å². The quantitative estimate of drug-likeness (QED) is 0.148. The zero-order valence-corrected chi connectivity index (χ0v) is 26.8. The molecule has 2 aliphatic rings. The zero-order chi connectivity index (χ0) is 33.8. The molecule has 2 aliphatic heterocycles. The molecular weight excluding hydrogens is 644 g/mol. The average molecular weight is 678 g/mol. The number of anilines is 2. The van der Waals surface area contributed by atoms with Crippen LogP contribution in [0.1, 0.15) is 53.1 Å². The van der Waals surface area contributed by atoms with Gasteiger partial charge in [-0.25, -0.2) is 4.98 Å². The summed E-state index contributed by atoms with van der Waals surface area (Å²) in [6, 6.07) is 17.2. The Morgan fingerprint density at radius 3 is 2.54 bits per heavy atom. The van der Waals surface area contributed by atoms with E-state index in [4.69, 9.17) is 16.6 Å². The number of carbonyl (C=O) groups is 3. The molecule has 1 unspecified atom stereocenters. The number of ether oxygens (including phenoxy) is 1. The van der Waals surface area contributed by atoms with Crippen LogP contribution < -0.4 is 20.3 Å². The van der Waals surface area contributed by atoms with Crippen LogP contribution in [0.15, 0.2) is 73.1 Å². The maximum Gasteiger partial charge on any atom is 0.487 e. The van der Waals surface area contributed by atoms with Gasteiger partial charge in [0.25, 0.3) is 5.91 Å². The largest absolute Gasteiger partial charge is 0.487 e. The minimum atomic E-state index is -3.84. The van der Waals surface area contributed by atoms with Crippen LogP contribution in [-0.4, -0.2) is 69.5 Å². The van der Waals surface area contributed by atoms with Gasteiger partial charge in [0, 0.05) is 67.3 Å². The smallest absolute Gasteiger partial charge is 0.420 e. The van der Waals surface area contributed by atoms with Crippen molar-refractivity contribution in [3.05, 3.63) is 89.7 Å². The second kappa shape index (κ2) is 14.1. The molecule has 2 fully saturated rings. The Kier molecular flexibility index (Phi) is 9.69. The van der Waals surface area contributed by atoms with Gasteiger partial charge in [-0.15, -0.1) is 8.78 Å². The van der Waals surface area contributed by atoms with Gasteiger partial charge < -0.3 is 15.0 Å². The number of benzene rings is 2. The Labute approximate surface area is 280 Å². The molecule has 0 spiro atoms. The SMILES string of the molecule is CN(Cc1ccccc1C1CCC(=O)NC1=O)C1CCN(c2ncc(C(=O)Nc3ccc(OC(F)(F)Cl)cc3)cc2-c2ccn[nH]2)CC1. The number of aromatic amines is 1. The normalized spacial score (nSPS) is 17.4. The van der Waals surface area contributed by atoms with Crippen LogP contribution in [0.2, 0.25) is 0 Å². The number of rotatable bonds is 10. The molecule has 0 radical (unpaired) electrons. The Balaban J connectivity index is 1.12. The van der Waals surface area contributed by atoms with Gasteiger partial charge in [0.2, 0.25) is 11.8 Å². The lowest BCUT2D eigenvalue weighted by molar-refractivity contribution is -0.134. The molecule has 3 N–H and O–H groups in total. The van der Waals surface area contributed by atoms with Crippen LogP contribution in [0.4, 0.5) is 20.3 Å². The van der Waals surface area contributed by atoms with Crippen molar-refractivity contribution in [1.82, 2.24) is 25.4 Å². The Morgan fingerprint density at radius 1 is 1.10 bits per heavy atom. The van der Waals surface area contributed by atoms with E-state index in [9.17, 15) is 23.2 Å². The number of alkyl halides is 3. The van der Waals surface area contributed by atoms with Crippen LogP contribution in [0, 0.1) is 0 Å². The van der Waals surface area contributed by atoms with E-state index < -0.39 is 11.5 Å². The third-order valence-corrected chi connectivity index (χ3v) is 8.82. The topological polar surface area (TPSA) is 133 Å². The number of imide groups is 1. The number of aromatic nitrogens is 3. The number of amides is 3. The lowest BCUT2D eigenvalue weighted by atomic mass is 9.87. The van der Waals surface area contributed by atoms with E-state index in [0.29, 0.717) is 42.4 Å². The number of nitrogens with one attached hydrogen (secondary N) is 3. The molecule has 2 saturated heterocycles. The number of H-pyrrole nitrogens is 1. The van der Waals surface area contributed by atoms with Gasteiger partial charge in [-0.1, -0.05) is 24.3 Å². The van der Waals surface area contributed by atoms with Gasteiger partial charge in [-0.05, 0) is 73.8 Å². The summed E-state index contributed by atoms with van der Waals surface area (Å²) in [6.07, 6.45) is 5.74. The van der Waals surface area contributed by atoms with E-state index in [1.165, 1.54) is 30.5 Å². The molecular formula is C34H34ClF2N7O4. The number of nitrogens with zero attached hydrogens (tertiary/aromatic N) is 4. The van der Waals surface area contributed by atoms with E-state index in [1.54, 1.807) is 12.3 Å². The standard InChI is InChI=1S/C34H34ClF2N7O4/c1-43(20-21-4-2-3-5-26(21)27-10-11-30(45)41-33(27)47)24-13-16-44(17-14-24)31-28(29-12-15-39-42-29)18-22(19-38-31)32(46)40-23-6-8-25(9-7-23)48-34(35,36)37/h2-9,12,15,18-19,24,27H,10-11,13-14,16-17,20H2,1H3,(H,39,42)(H,40,46)(H,41,45,47). The number of hydrogen-bond acceptors (Lipinski definition) is 8. The third-order valence-electron chi connectivity index (χ3n) is 8.74. The lowest BCUT2D eigenvalue weighted by Crippen LogP contribution is -2.44. The molecule has 0 bridgehead atoms. The fourth-order valence-electron chi connectivity index (χ4n) is 6.31. The fraction of sp³-hybridized carbons (Fsp3) is 0.324. The average Bonchev–Trinajstić information content (AvgIpc) is 3.61. The van der Waals surface area contributed by atoms with Crippen LogP contribution in [0.5, 0.6) is 5.75 Å². The minimum absolute atomic E-state index is 0.146. The van der Waals surface area contributed by atoms with Crippen molar-refractivity contribution >= 4 is 40.8 Å². The highest BCUT2D eigenvalue weighted by atomic mass is 35.5. The number of hydrogen-bond donors (Lipinski definition) is 3. The summed E-state index contributed by atoms with van der Waals surface area (Å²) in [5.74, 6) is -0.640. The minimum Gasteiger partial charge on any atom is -0.420 e. The second-order valence-corrected chi connectivity index (χ2v) is 12.4. The zero-order valence-electron chi connectivity index (χ0n) is 26.1. The van der Waals surface area contributed by atoms with Gasteiger partial charge >= 0.3 is 5.57 Å². The predicted octanol–water partition coefficient (Wildman–Crippen LogP) is 5.51. The fourth-order valence-corrected chi connectivity index (χ4v) is 6.39. The maximum atomic E-state index is 13.2. The van der Waals surface area contributed by atoms with Crippen molar-refractivity contribution in [3.63, 3.8) is 0 Å². The van der Waals surface area contributed by atoms with E-state index in [-0.39, 0.29) is 23.5 Å². The highest BCUT2D eigenvalue weighted by Crippen LogP contribution is 2.33. The predicted molar refractivity (Wildman–Crippen MR) is 176 cm³/mol. The Bertz CT molecular complexity index is 1770. The molecule has 4 aromatic rings. The summed E-state index contributed by atoms with van der Waals surface area (Å²) in [5, 5.41) is 12.3. The van der Waals surface area contributed by atoms with Gasteiger partial charge in [-0.3, -0.25) is 29.7 Å². The van der Waals surface area contributed by atoms with E-state index in [1.807, 2.05) is 24.3 Å². The lowest BCUT2D eigenvalue weighted by Gasteiger charge is -2.38. The summed E-state index contributed by atoms with van der Waals surface area (Å²) in [6.45, 7) is 2.15. The Morgan fingerprint density at radius 2 is 1.85 bits per heavy atom. The molecule has 2 aromatic heterocycles. The van der Waals surface area contributed by atoms with Crippen molar-refractivity contribution in [2.75, 3.05) is 30.4 Å². The molecule has 2 aromatic carbocycles. The van der Waals surface area contributed by atoms with Crippen LogP contribution >= 0.6 is 11.6 Å². The first-order valence-corrected chi connectivity index (χ1v) is 16.0. The van der Waals surface area contributed by atoms with E-state index in [0.717, 1.165) is 48.4 Å². The van der Waals surface area contributed by atoms with E-state index in [2.05, 4.69) is 48.5 Å². The second-order valence-electron chi connectivity index (χ2n) is 11.9. The molecule has 11 nitrogen and oxygen atoms in total. The molecule has 0 aliphatic carbocycles. The molecule has 4 heterocycles. The first-order valence-electron chi connectivity index (χ1n) is 15.6. The molecule has 3 amide bonds. The molecule has 48 heavy (non-hydrogen) atoms. The summed E-state index contributed by atoms with van der Waals surface area (Å²) in [4.78, 5) is 46.7. The number of piperidine rings is 2. The number of halogens is 3. The number of pyridine rings is 1. The maximum absolute atomic E-state index is 13.2. The van der Waals surface area contributed by atoms with Crippen LogP contribution in [0.25, 0.3) is 11.3 Å². The van der Waals surface area contributed by atoms with E-state index >= 15 is 0 Å². The van der Waals surface area contributed by atoms with Crippen molar-refractivity contribution in [2.24, 2.45) is 0 Å². The highest BCUT2D eigenvalue weighted by Gasteiger charge is 2.31. The summed E-state index contributed by atoms with van der Waals surface area (Å²) in [7, 11) is 2.09. The molecule has 1 atom stereocenters. The van der Waals surface area contributed by atoms with Gasteiger partial charge in [-0.2, -0.15) is 5.10 Å². The monoisotopic (exact) mass is 677 g/mol. The first-order chi connectivity index (χ1) is 23.0. The molecule has 0 saturated carbocycles. The van der Waals surface area contributed by atoms with Crippen molar-refractivity contribution in [2.45, 2.75) is 49.8 Å². The Hall–Kier alpha value is -4.88. The van der Waals surface area contributed by atoms with Gasteiger partial charge in [0.05, 0.1) is 17.2 Å². The highest BCUT2D eigenvalue weighted by molar-refractivity contribution is 6.20. The molecule has 250 valence electrons. The van der Waals surface area contributed by atoms with Crippen LogP contribution in [-0.2, 0) is 16.1 Å². The third kappa shape index (κ3) is 7.80. The summed E-state index contributed by atoms with van der Waals surface area (Å²) >= 11 is 4.82. The van der Waals surface area contributed by atoms with Crippen molar-refractivity contribution in [3.8, 4) is 17.0 Å². The number of carbonyl (C=O) groups excluding carboxylic acids is 3. The van der Waals surface area contributed by atoms with Crippen LogP contribution in [0.3, 0.4) is 0 Å². The first kappa shape index (κ1) is 33.0. The van der Waals surface area contributed by atoms with Crippen molar-refractivity contribution < 1.29 is 27.9 Å². The summed E-state index contributed by atoms with van der Waals surface area (Å²) in [5.41, 5.74) is 0.320. The van der Waals surface area contributed by atoms with Crippen molar-refractivity contribution in [1.29, 1.82) is 0 Å². The summed E-state index contributed by atoms with van der Waals surface area (Å²) < 4.78 is 30.2. The van der Waals surface area contributed by atoms with Gasteiger partial charge in [0.15, 0.2) is 0 Å².